The highest BCUT2D eigenvalue weighted by Gasteiger charge is 2.48. The maximum absolute atomic E-state index is 10.9. The number of carbonyl (C=O) groups is 1. The van der Waals surface area contributed by atoms with Gasteiger partial charge in [-0.25, -0.2) is 0 Å². The maximum Gasteiger partial charge on any atom is 0.306 e. The highest BCUT2D eigenvalue weighted by atomic mass is 16.4. The number of hydrogen-bond donors (Lipinski definition) is 1. The molecule has 1 saturated carbocycles. The van der Waals surface area contributed by atoms with E-state index >= 15 is 0 Å². The topological polar surface area (TPSA) is 40.5 Å². The Kier molecular flexibility index (Phi) is 1.84. The van der Waals surface area contributed by atoms with Gasteiger partial charge in [0.1, 0.15) is 0 Å². The molecule has 0 aromatic carbocycles. The van der Waals surface area contributed by atoms with Gasteiger partial charge in [0, 0.05) is 18.1 Å². The summed E-state index contributed by atoms with van der Waals surface area (Å²) >= 11 is 0. The van der Waals surface area contributed by atoms with Crippen molar-refractivity contribution in [1.29, 1.82) is 0 Å². The predicted octanol–water partition coefficient (Wildman–Crippen LogP) is 1.48. The Hall–Kier alpha value is -0.570. The lowest BCUT2D eigenvalue weighted by atomic mass is 9.91. The molecule has 0 spiro atoms. The van der Waals surface area contributed by atoms with Crippen LogP contribution in [0.2, 0.25) is 0 Å². The number of hydrogen-bond acceptors (Lipinski definition) is 2. The lowest BCUT2D eigenvalue weighted by Crippen LogP contribution is -2.45. The quantitative estimate of drug-likeness (QED) is 0.725. The van der Waals surface area contributed by atoms with Gasteiger partial charge in [-0.15, -0.1) is 0 Å². The lowest BCUT2D eigenvalue weighted by molar-refractivity contribution is -0.144. The molecule has 2 bridgehead atoms. The van der Waals surface area contributed by atoms with E-state index in [0.29, 0.717) is 12.1 Å². The summed E-state index contributed by atoms with van der Waals surface area (Å²) in [5.41, 5.74) is 0. The summed E-state index contributed by atoms with van der Waals surface area (Å²) in [4.78, 5) is 13.6. The monoisotopic (exact) mass is 195 g/mol. The van der Waals surface area contributed by atoms with Crippen LogP contribution in [0.4, 0.5) is 0 Å². The molecule has 0 aromatic heterocycles. The Bertz CT molecular complexity index is 248. The number of piperidine rings is 1. The molecule has 14 heavy (non-hydrogen) atoms. The zero-order valence-electron chi connectivity index (χ0n) is 8.35. The van der Waals surface area contributed by atoms with Crippen LogP contribution in [-0.2, 0) is 4.79 Å². The number of nitrogens with zero attached hydrogens (tertiary/aromatic N) is 1. The Morgan fingerprint density at radius 2 is 1.50 bits per heavy atom. The molecule has 0 aromatic rings. The fourth-order valence-electron chi connectivity index (χ4n) is 3.38. The fourth-order valence-corrected chi connectivity index (χ4v) is 3.38. The molecule has 1 N–H and O–H groups in total. The number of carboxylic acid groups (broad SMARTS) is 1. The van der Waals surface area contributed by atoms with Gasteiger partial charge in [-0.3, -0.25) is 9.69 Å². The van der Waals surface area contributed by atoms with E-state index in [1.54, 1.807) is 0 Å². The molecule has 1 aliphatic carbocycles. The van der Waals surface area contributed by atoms with Gasteiger partial charge in [0.15, 0.2) is 0 Å². The van der Waals surface area contributed by atoms with Crippen molar-refractivity contribution >= 4 is 5.97 Å². The number of aliphatic carboxylic acids is 1. The van der Waals surface area contributed by atoms with Crippen molar-refractivity contribution in [2.24, 2.45) is 5.92 Å². The molecule has 3 aliphatic rings. The second kappa shape index (κ2) is 2.96. The molecule has 0 radical (unpaired) electrons. The summed E-state index contributed by atoms with van der Waals surface area (Å²) in [6, 6.07) is 2.02. The van der Waals surface area contributed by atoms with Crippen molar-refractivity contribution < 1.29 is 9.90 Å². The third-order valence-corrected chi connectivity index (χ3v) is 4.11. The van der Waals surface area contributed by atoms with Crippen molar-refractivity contribution in [3.8, 4) is 0 Å². The number of carboxylic acids is 1. The van der Waals surface area contributed by atoms with Gasteiger partial charge in [0.05, 0.1) is 5.92 Å². The van der Waals surface area contributed by atoms with Crippen LogP contribution in [0.3, 0.4) is 0 Å². The van der Waals surface area contributed by atoms with E-state index in [-0.39, 0.29) is 5.92 Å². The van der Waals surface area contributed by atoms with Gasteiger partial charge in [0.2, 0.25) is 0 Å². The molecule has 2 atom stereocenters. The summed E-state index contributed by atoms with van der Waals surface area (Å²) < 4.78 is 0. The van der Waals surface area contributed by atoms with Gasteiger partial charge in [0.25, 0.3) is 0 Å². The second-order valence-corrected chi connectivity index (χ2v) is 5.07. The molecule has 0 amide bonds. The molecule has 2 heterocycles. The average molecular weight is 195 g/mol. The molecular weight excluding hydrogens is 178 g/mol. The van der Waals surface area contributed by atoms with E-state index in [1.165, 1.54) is 25.7 Å². The summed E-state index contributed by atoms with van der Waals surface area (Å²) in [6.07, 6.45) is 7.00. The zero-order chi connectivity index (χ0) is 9.71. The minimum absolute atomic E-state index is 0.0532. The van der Waals surface area contributed by atoms with E-state index in [0.717, 1.165) is 18.9 Å². The zero-order valence-corrected chi connectivity index (χ0v) is 8.35. The van der Waals surface area contributed by atoms with Crippen molar-refractivity contribution in [3.05, 3.63) is 0 Å². The normalized spacial score (nSPS) is 42.7. The van der Waals surface area contributed by atoms with Crippen LogP contribution in [-0.4, -0.2) is 34.1 Å². The Morgan fingerprint density at radius 3 is 1.93 bits per heavy atom. The van der Waals surface area contributed by atoms with Crippen molar-refractivity contribution in [3.63, 3.8) is 0 Å². The highest BCUT2D eigenvalue weighted by Crippen LogP contribution is 2.45. The van der Waals surface area contributed by atoms with Gasteiger partial charge in [-0.2, -0.15) is 0 Å². The Balaban J connectivity index is 1.75. The van der Waals surface area contributed by atoms with Crippen LogP contribution >= 0.6 is 0 Å². The lowest BCUT2D eigenvalue weighted by Gasteiger charge is -2.37. The minimum atomic E-state index is -0.572. The van der Waals surface area contributed by atoms with Crippen molar-refractivity contribution in [2.45, 2.75) is 56.7 Å². The van der Waals surface area contributed by atoms with Crippen molar-refractivity contribution in [1.82, 2.24) is 4.90 Å². The predicted molar refractivity (Wildman–Crippen MR) is 52.0 cm³/mol. The standard InChI is InChI=1S/C11H17NO2/c13-11(14)7-5-9-3-4-10(6-7)12(9)8-1-2-8/h7-10H,1-6H2,(H,13,14)/t9-,10-/m0/s1. The van der Waals surface area contributed by atoms with Gasteiger partial charge >= 0.3 is 5.97 Å². The third kappa shape index (κ3) is 1.26. The summed E-state index contributed by atoms with van der Waals surface area (Å²) in [6.45, 7) is 0. The summed E-state index contributed by atoms with van der Waals surface area (Å²) in [5.74, 6) is -0.625. The van der Waals surface area contributed by atoms with Gasteiger partial charge in [-0.05, 0) is 38.5 Å². The molecule has 78 valence electrons. The van der Waals surface area contributed by atoms with Gasteiger partial charge in [-0.1, -0.05) is 0 Å². The highest BCUT2D eigenvalue weighted by molar-refractivity contribution is 5.70. The summed E-state index contributed by atoms with van der Waals surface area (Å²) in [7, 11) is 0. The first-order chi connectivity index (χ1) is 6.75. The van der Waals surface area contributed by atoms with Crippen LogP contribution in [0, 0.1) is 5.92 Å². The van der Waals surface area contributed by atoms with E-state index in [9.17, 15) is 4.79 Å². The van der Waals surface area contributed by atoms with E-state index in [2.05, 4.69) is 4.90 Å². The van der Waals surface area contributed by atoms with E-state index in [4.69, 9.17) is 5.11 Å². The molecular formula is C11H17NO2. The van der Waals surface area contributed by atoms with E-state index in [1.807, 2.05) is 0 Å². The number of rotatable bonds is 2. The SMILES string of the molecule is O=C(O)C1C[C@@H]2CC[C@@H](C1)N2C1CC1. The molecule has 3 rings (SSSR count). The van der Waals surface area contributed by atoms with Crippen LogP contribution in [0.15, 0.2) is 0 Å². The molecule has 3 fully saturated rings. The Morgan fingerprint density at radius 1 is 1.00 bits per heavy atom. The summed E-state index contributed by atoms with van der Waals surface area (Å²) in [5, 5.41) is 9.02. The third-order valence-electron chi connectivity index (χ3n) is 4.11. The Labute approximate surface area is 84.1 Å². The van der Waals surface area contributed by atoms with Crippen LogP contribution < -0.4 is 0 Å². The molecule has 0 unspecified atom stereocenters. The fraction of sp³-hybridized carbons (Fsp3) is 0.909. The largest absolute Gasteiger partial charge is 0.481 e. The molecule has 2 aliphatic heterocycles. The minimum Gasteiger partial charge on any atom is -0.481 e. The second-order valence-electron chi connectivity index (χ2n) is 5.07. The first-order valence-electron chi connectivity index (χ1n) is 5.76. The van der Waals surface area contributed by atoms with Gasteiger partial charge < -0.3 is 5.11 Å². The molecule has 3 heteroatoms. The van der Waals surface area contributed by atoms with Crippen LogP contribution in [0.1, 0.15) is 38.5 Å². The van der Waals surface area contributed by atoms with Crippen LogP contribution in [0.5, 0.6) is 0 Å². The first-order valence-corrected chi connectivity index (χ1v) is 5.76. The average Bonchev–Trinajstić information content (AvgIpc) is 2.94. The molecule has 3 nitrogen and oxygen atoms in total. The van der Waals surface area contributed by atoms with Crippen LogP contribution in [0.25, 0.3) is 0 Å². The first kappa shape index (κ1) is 8.72. The molecule has 2 saturated heterocycles. The van der Waals surface area contributed by atoms with Crippen molar-refractivity contribution in [2.75, 3.05) is 0 Å². The maximum atomic E-state index is 10.9. The van der Waals surface area contributed by atoms with E-state index < -0.39 is 5.97 Å². The smallest absolute Gasteiger partial charge is 0.306 e. The number of fused-ring (bicyclic) bond motifs is 2.